The number of hydrogen-bond acceptors (Lipinski definition) is 5. The van der Waals surface area contributed by atoms with Gasteiger partial charge in [-0.1, -0.05) is 0 Å². The molecule has 5 nitrogen and oxygen atoms in total. The highest BCUT2D eigenvalue weighted by molar-refractivity contribution is 7.13. The summed E-state index contributed by atoms with van der Waals surface area (Å²) < 4.78 is 10.5. The Bertz CT molecular complexity index is 635. The molecule has 0 saturated heterocycles. The number of imidazole rings is 1. The van der Waals surface area contributed by atoms with Gasteiger partial charge in [-0.15, -0.1) is 11.3 Å². The van der Waals surface area contributed by atoms with E-state index in [1.807, 2.05) is 12.1 Å². The van der Waals surface area contributed by atoms with E-state index in [-0.39, 0.29) is 0 Å². The molecule has 1 aromatic carbocycles. The monoisotopic (exact) mass is 261 g/mol. The predicted molar refractivity (Wildman–Crippen MR) is 70.3 cm³/mol. The predicted octanol–water partition coefficient (Wildman–Crippen LogP) is 2.70. The topological polar surface area (TPSA) is 60.0 Å². The normalized spacial score (nSPS) is 10.8. The fourth-order valence-electron chi connectivity index (χ4n) is 1.79. The number of aromatic nitrogens is 3. The maximum absolute atomic E-state index is 5.26. The van der Waals surface area contributed by atoms with Gasteiger partial charge in [-0.2, -0.15) is 0 Å². The highest BCUT2D eigenvalue weighted by Crippen LogP contribution is 2.32. The van der Waals surface area contributed by atoms with E-state index in [2.05, 4.69) is 15.0 Å². The van der Waals surface area contributed by atoms with E-state index >= 15 is 0 Å². The summed E-state index contributed by atoms with van der Waals surface area (Å²) in [4.78, 5) is 12.8. The minimum Gasteiger partial charge on any atom is -0.493 e. The van der Waals surface area contributed by atoms with E-state index in [9.17, 15) is 0 Å². The van der Waals surface area contributed by atoms with Crippen LogP contribution in [0.15, 0.2) is 23.8 Å². The molecule has 2 heterocycles. The quantitative estimate of drug-likeness (QED) is 0.787. The van der Waals surface area contributed by atoms with Crippen molar-refractivity contribution >= 4 is 22.4 Å². The van der Waals surface area contributed by atoms with Crippen molar-refractivity contribution in [2.24, 2.45) is 0 Å². The van der Waals surface area contributed by atoms with Gasteiger partial charge in [0.05, 0.1) is 35.6 Å². The smallest absolute Gasteiger partial charge is 0.163 e. The molecule has 6 heteroatoms. The summed E-state index contributed by atoms with van der Waals surface area (Å²) in [6, 6.07) is 3.74. The van der Waals surface area contributed by atoms with Gasteiger partial charge in [-0.25, -0.2) is 4.98 Å². The third-order valence-electron chi connectivity index (χ3n) is 2.65. The van der Waals surface area contributed by atoms with E-state index in [4.69, 9.17) is 9.47 Å². The third-order valence-corrected chi connectivity index (χ3v) is 3.43. The van der Waals surface area contributed by atoms with Gasteiger partial charge in [0.2, 0.25) is 0 Å². The zero-order chi connectivity index (χ0) is 12.5. The number of H-pyrrole nitrogens is 1. The largest absolute Gasteiger partial charge is 0.493 e. The molecule has 0 saturated carbocycles. The highest BCUT2D eigenvalue weighted by atomic mass is 32.1. The highest BCUT2D eigenvalue weighted by Gasteiger charge is 2.11. The van der Waals surface area contributed by atoms with E-state index in [0.717, 1.165) is 21.7 Å². The van der Waals surface area contributed by atoms with Crippen molar-refractivity contribution in [1.82, 2.24) is 15.0 Å². The number of ether oxygens (including phenoxy) is 2. The first-order chi connectivity index (χ1) is 8.81. The van der Waals surface area contributed by atoms with Crippen LogP contribution in [0, 0.1) is 0 Å². The molecule has 0 aliphatic heterocycles. The van der Waals surface area contributed by atoms with E-state index in [1.54, 1.807) is 37.3 Å². The van der Waals surface area contributed by atoms with Crippen LogP contribution >= 0.6 is 11.3 Å². The Balaban J connectivity index is 2.17. The molecule has 0 aliphatic rings. The number of thiazole rings is 1. The first-order valence-electron chi connectivity index (χ1n) is 5.32. The zero-order valence-corrected chi connectivity index (χ0v) is 10.7. The van der Waals surface area contributed by atoms with Crippen molar-refractivity contribution in [2.45, 2.75) is 0 Å². The first-order valence-corrected chi connectivity index (χ1v) is 6.20. The number of fused-ring (bicyclic) bond motifs is 1. The molecule has 0 atom stereocenters. The lowest BCUT2D eigenvalue weighted by Crippen LogP contribution is -1.89. The number of methoxy groups -OCH3 is 2. The summed E-state index contributed by atoms with van der Waals surface area (Å²) in [7, 11) is 3.23. The van der Waals surface area contributed by atoms with Crippen molar-refractivity contribution in [3.8, 4) is 22.2 Å². The lowest BCUT2D eigenvalue weighted by molar-refractivity contribution is 0.356. The van der Waals surface area contributed by atoms with Crippen LogP contribution in [0.1, 0.15) is 0 Å². The van der Waals surface area contributed by atoms with Gasteiger partial charge in [0.15, 0.2) is 11.5 Å². The molecule has 2 aromatic heterocycles. The number of nitrogens with zero attached hydrogens (tertiary/aromatic N) is 2. The van der Waals surface area contributed by atoms with E-state index in [1.165, 1.54) is 0 Å². The molecule has 92 valence electrons. The van der Waals surface area contributed by atoms with Crippen molar-refractivity contribution in [1.29, 1.82) is 0 Å². The van der Waals surface area contributed by atoms with Crippen LogP contribution in [0.2, 0.25) is 0 Å². The number of benzene rings is 1. The summed E-state index contributed by atoms with van der Waals surface area (Å²) >= 11 is 1.54. The van der Waals surface area contributed by atoms with Gasteiger partial charge in [-0.05, 0) is 0 Å². The maximum Gasteiger partial charge on any atom is 0.163 e. The minimum atomic E-state index is 0.673. The number of nitrogens with one attached hydrogen (secondary N) is 1. The van der Waals surface area contributed by atoms with Gasteiger partial charge in [0.1, 0.15) is 5.82 Å². The first kappa shape index (κ1) is 11.0. The second kappa shape index (κ2) is 4.30. The summed E-state index contributed by atoms with van der Waals surface area (Å²) in [5, 5.41) is 0. The number of hydrogen-bond donors (Lipinski definition) is 1. The van der Waals surface area contributed by atoms with Crippen LogP contribution < -0.4 is 9.47 Å². The Morgan fingerprint density at radius 1 is 1.17 bits per heavy atom. The van der Waals surface area contributed by atoms with E-state index < -0.39 is 0 Å². The number of rotatable bonds is 3. The molecular formula is C12H11N3O2S. The molecule has 3 aromatic rings. The van der Waals surface area contributed by atoms with Crippen molar-refractivity contribution in [2.75, 3.05) is 14.2 Å². The molecule has 0 unspecified atom stereocenters. The molecule has 0 amide bonds. The Morgan fingerprint density at radius 3 is 2.61 bits per heavy atom. The van der Waals surface area contributed by atoms with Crippen molar-refractivity contribution < 1.29 is 9.47 Å². The van der Waals surface area contributed by atoms with Crippen molar-refractivity contribution in [3.05, 3.63) is 23.8 Å². The fourth-order valence-corrected chi connectivity index (χ4v) is 2.35. The average molecular weight is 261 g/mol. The van der Waals surface area contributed by atoms with Gasteiger partial charge in [-0.3, -0.25) is 4.98 Å². The molecule has 18 heavy (non-hydrogen) atoms. The second-order valence-corrected chi connectivity index (χ2v) is 4.56. The van der Waals surface area contributed by atoms with E-state index in [0.29, 0.717) is 11.5 Å². The van der Waals surface area contributed by atoms with Gasteiger partial charge in [0.25, 0.3) is 0 Å². The van der Waals surface area contributed by atoms with Gasteiger partial charge < -0.3 is 14.5 Å². The Labute approximate surface area is 107 Å². The number of aromatic amines is 1. The fraction of sp³-hybridized carbons (Fsp3) is 0.167. The van der Waals surface area contributed by atoms with Crippen LogP contribution in [0.25, 0.3) is 21.7 Å². The molecule has 0 aliphatic carbocycles. The summed E-state index contributed by atoms with van der Waals surface area (Å²) in [5.74, 6) is 2.17. The average Bonchev–Trinajstić information content (AvgIpc) is 3.04. The van der Waals surface area contributed by atoms with Gasteiger partial charge in [0, 0.05) is 18.3 Å². The van der Waals surface area contributed by atoms with Crippen LogP contribution in [0.5, 0.6) is 11.5 Å². The Hall–Kier alpha value is -2.08. The second-order valence-electron chi connectivity index (χ2n) is 3.68. The summed E-state index contributed by atoms with van der Waals surface area (Å²) in [5.41, 5.74) is 3.54. The molecular weight excluding hydrogens is 250 g/mol. The maximum atomic E-state index is 5.26. The molecule has 1 N–H and O–H groups in total. The van der Waals surface area contributed by atoms with Crippen molar-refractivity contribution in [3.63, 3.8) is 0 Å². The molecule has 0 bridgehead atoms. The molecule has 0 fully saturated rings. The summed E-state index contributed by atoms with van der Waals surface area (Å²) in [6.07, 6.45) is 1.79. The lowest BCUT2D eigenvalue weighted by Gasteiger charge is -2.06. The molecule has 3 rings (SSSR count). The van der Waals surface area contributed by atoms with Crippen LogP contribution in [0.3, 0.4) is 0 Å². The molecule has 0 radical (unpaired) electrons. The standard InChI is InChI=1S/C12H11N3O2S/c1-16-9-3-7-8(4-10(9)17-2)15-12(14-7)11-5-13-6-18-11/h3-6H,1-2H3,(H,14,15). The minimum absolute atomic E-state index is 0.673. The van der Waals surface area contributed by atoms with Crippen LogP contribution in [-0.4, -0.2) is 29.2 Å². The SMILES string of the molecule is COc1cc2nc(-c3cncs3)[nH]c2cc1OC. The third kappa shape index (κ3) is 1.70. The Morgan fingerprint density at radius 2 is 1.94 bits per heavy atom. The molecule has 0 spiro atoms. The van der Waals surface area contributed by atoms with Crippen LogP contribution in [0.4, 0.5) is 0 Å². The lowest BCUT2D eigenvalue weighted by atomic mass is 10.3. The zero-order valence-electron chi connectivity index (χ0n) is 9.93. The Kier molecular flexibility index (Phi) is 2.64. The van der Waals surface area contributed by atoms with Crippen LogP contribution in [-0.2, 0) is 0 Å². The van der Waals surface area contributed by atoms with Gasteiger partial charge >= 0.3 is 0 Å². The summed E-state index contributed by atoms with van der Waals surface area (Å²) in [6.45, 7) is 0.